The van der Waals surface area contributed by atoms with Crippen LogP contribution in [0.4, 0.5) is 0 Å². The molecule has 4 rings (SSSR count). The number of hydrogen-bond donors (Lipinski definition) is 2. The molecule has 2 aromatic rings. The summed E-state index contributed by atoms with van der Waals surface area (Å²) in [6.07, 6.45) is 8.13. The summed E-state index contributed by atoms with van der Waals surface area (Å²) in [5, 5.41) is 14.5. The van der Waals surface area contributed by atoms with Crippen molar-refractivity contribution >= 4 is 11.8 Å². The van der Waals surface area contributed by atoms with Gasteiger partial charge in [0, 0.05) is 44.0 Å². The number of rotatable bonds is 4. The number of nitrogens with one attached hydrogen (secondary N) is 2. The normalized spacial score (nSPS) is 20.8. The summed E-state index contributed by atoms with van der Waals surface area (Å²) < 4.78 is 1.64. The molecule has 0 bridgehead atoms. The van der Waals surface area contributed by atoms with E-state index in [0.717, 1.165) is 37.9 Å². The van der Waals surface area contributed by atoms with Crippen LogP contribution in [-0.2, 0) is 7.05 Å². The van der Waals surface area contributed by atoms with Gasteiger partial charge < -0.3 is 10.2 Å². The predicted octanol–water partition coefficient (Wildman–Crippen LogP) is 1.84. The highest BCUT2D eigenvalue weighted by molar-refractivity contribution is 5.93. The van der Waals surface area contributed by atoms with Crippen molar-refractivity contribution in [3.05, 3.63) is 35.4 Å². The van der Waals surface area contributed by atoms with Crippen LogP contribution in [0, 0.1) is 0 Å². The summed E-state index contributed by atoms with van der Waals surface area (Å²) in [4.78, 5) is 26.9. The summed E-state index contributed by atoms with van der Waals surface area (Å²) >= 11 is 0. The molecule has 8 nitrogen and oxygen atoms in total. The number of aromatic nitrogens is 4. The first kappa shape index (κ1) is 17.8. The number of aromatic amines is 1. The highest BCUT2D eigenvalue weighted by Crippen LogP contribution is 2.27. The van der Waals surface area contributed by atoms with Crippen molar-refractivity contribution in [3.8, 4) is 0 Å². The fourth-order valence-electron chi connectivity index (χ4n) is 4.10. The second kappa shape index (κ2) is 7.54. The molecule has 8 heteroatoms. The minimum Gasteiger partial charge on any atom is -0.348 e. The molecule has 1 saturated heterocycles. The highest BCUT2D eigenvalue weighted by atomic mass is 16.2. The maximum absolute atomic E-state index is 12.7. The van der Waals surface area contributed by atoms with E-state index in [1.165, 1.54) is 12.8 Å². The highest BCUT2D eigenvalue weighted by Gasteiger charge is 2.28. The summed E-state index contributed by atoms with van der Waals surface area (Å²) in [7, 11) is 1.80. The predicted molar refractivity (Wildman–Crippen MR) is 99.4 cm³/mol. The van der Waals surface area contributed by atoms with E-state index in [2.05, 4.69) is 20.6 Å². The SMILES string of the molecule is Cn1ccc(C(=O)N2CCC[C@H](c3cc(C(=O)NC4CCCC4)n[nH]3)C2)n1. The standard InChI is InChI=1S/C19H26N6O2/c1-24-10-8-15(23-24)19(27)25-9-4-5-13(12-25)16-11-17(22-21-16)18(26)20-14-6-2-3-7-14/h8,10-11,13-14H,2-7,9,12H2,1H3,(H,20,26)(H,21,22)/t13-/m0/s1. The smallest absolute Gasteiger partial charge is 0.274 e. The summed E-state index contributed by atoms with van der Waals surface area (Å²) in [5.74, 6) is 0.00702. The molecule has 1 aliphatic heterocycles. The molecule has 2 N–H and O–H groups in total. The lowest BCUT2D eigenvalue weighted by Gasteiger charge is -2.31. The fourth-order valence-corrected chi connectivity index (χ4v) is 4.10. The van der Waals surface area contributed by atoms with E-state index in [1.54, 1.807) is 24.0 Å². The second-order valence-corrected chi connectivity index (χ2v) is 7.63. The van der Waals surface area contributed by atoms with Crippen LogP contribution in [0.25, 0.3) is 0 Å². The van der Waals surface area contributed by atoms with Crippen molar-refractivity contribution in [2.75, 3.05) is 13.1 Å². The molecular weight excluding hydrogens is 344 g/mol. The molecule has 2 aliphatic rings. The van der Waals surface area contributed by atoms with E-state index in [0.29, 0.717) is 17.9 Å². The van der Waals surface area contributed by atoms with Gasteiger partial charge in [0.1, 0.15) is 11.4 Å². The molecule has 1 saturated carbocycles. The average Bonchev–Trinajstić information content (AvgIpc) is 3.43. The minimum absolute atomic E-state index is 0.0426. The zero-order chi connectivity index (χ0) is 18.8. The van der Waals surface area contributed by atoms with E-state index in [1.807, 2.05) is 11.0 Å². The number of carbonyl (C=O) groups excluding carboxylic acids is 2. The molecule has 2 amide bonds. The van der Waals surface area contributed by atoms with Crippen molar-refractivity contribution < 1.29 is 9.59 Å². The number of aryl methyl sites for hydroxylation is 1. The summed E-state index contributed by atoms with van der Waals surface area (Å²) in [6, 6.07) is 3.86. The summed E-state index contributed by atoms with van der Waals surface area (Å²) in [5.41, 5.74) is 1.83. The van der Waals surface area contributed by atoms with Crippen LogP contribution in [0.3, 0.4) is 0 Å². The molecule has 1 atom stereocenters. The Bertz CT molecular complexity index is 820. The summed E-state index contributed by atoms with van der Waals surface area (Å²) in [6.45, 7) is 1.34. The van der Waals surface area contributed by atoms with Gasteiger partial charge in [-0.25, -0.2) is 0 Å². The number of likely N-dealkylation sites (tertiary alicyclic amines) is 1. The molecule has 0 spiro atoms. The number of carbonyl (C=O) groups is 2. The van der Waals surface area contributed by atoms with Gasteiger partial charge in [-0.3, -0.25) is 19.4 Å². The maximum Gasteiger partial charge on any atom is 0.274 e. The molecule has 0 radical (unpaired) electrons. The van der Waals surface area contributed by atoms with Gasteiger partial charge in [-0.1, -0.05) is 12.8 Å². The minimum atomic E-state index is -0.110. The van der Waals surface area contributed by atoms with Crippen LogP contribution in [0.2, 0.25) is 0 Å². The molecule has 27 heavy (non-hydrogen) atoms. The third-order valence-electron chi connectivity index (χ3n) is 5.60. The molecule has 1 aliphatic carbocycles. The van der Waals surface area contributed by atoms with E-state index < -0.39 is 0 Å². The molecule has 2 aromatic heterocycles. The quantitative estimate of drug-likeness (QED) is 0.858. The van der Waals surface area contributed by atoms with Gasteiger partial charge in [-0.05, 0) is 37.8 Å². The number of amides is 2. The average molecular weight is 370 g/mol. The molecule has 0 aromatic carbocycles. The molecule has 2 fully saturated rings. The topological polar surface area (TPSA) is 95.9 Å². The Labute approximate surface area is 158 Å². The first-order valence-corrected chi connectivity index (χ1v) is 9.75. The van der Waals surface area contributed by atoms with E-state index in [4.69, 9.17) is 0 Å². The number of nitrogens with zero attached hydrogens (tertiary/aromatic N) is 4. The number of H-pyrrole nitrogens is 1. The van der Waals surface area contributed by atoms with Gasteiger partial charge in [-0.15, -0.1) is 0 Å². The molecular formula is C19H26N6O2. The Kier molecular flexibility index (Phi) is 4.96. The number of hydrogen-bond acceptors (Lipinski definition) is 4. The van der Waals surface area contributed by atoms with Gasteiger partial charge in [0.25, 0.3) is 11.8 Å². The third-order valence-corrected chi connectivity index (χ3v) is 5.60. The van der Waals surface area contributed by atoms with E-state index in [-0.39, 0.29) is 23.8 Å². The Hall–Kier alpha value is -2.64. The van der Waals surface area contributed by atoms with Crippen molar-refractivity contribution in [3.63, 3.8) is 0 Å². The third kappa shape index (κ3) is 3.89. The van der Waals surface area contributed by atoms with Gasteiger partial charge in [0.15, 0.2) is 0 Å². The Morgan fingerprint density at radius 1 is 1.19 bits per heavy atom. The van der Waals surface area contributed by atoms with Gasteiger partial charge in [0.05, 0.1) is 0 Å². The zero-order valence-electron chi connectivity index (χ0n) is 15.6. The second-order valence-electron chi connectivity index (χ2n) is 7.63. The Morgan fingerprint density at radius 3 is 2.74 bits per heavy atom. The molecule has 144 valence electrons. The lowest BCUT2D eigenvalue weighted by Crippen LogP contribution is -2.39. The van der Waals surface area contributed by atoms with Crippen LogP contribution in [0.15, 0.2) is 18.3 Å². The van der Waals surface area contributed by atoms with Crippen LogP contribution >= 0.6 is 0 Å². The van der Waals surface area contributed by atoms with Gasteiger partial charge >= 0.3 is 0 Å². The first-order valence-electron chi connectivity index (χ1n) is 9.75. The lowest BCUT2D eigenvalue weighted by atomic mass is 9.94. The monoisotopic (exact) mass is 370 g/mol. The van der Waals surface area contributed by atoms with E-state index in [9.17, 15) is 9.59 Å². The Morgan fingerprint density at radius 2 is 2.00 bits per heavy atom. The van der Waals surface area contributed by atoms with Gasteiger partial charge in [0.2, 0.25) is 0 Å². The van der Waals surface area contributed by atoms with Crippen LogP contribution in [0.1, 0.15) is 71.1 Å². The van der Waals surface area contributed by atoms with Crippen molar-refractivity contribution in [1.82, 2.24) is 30.2 Å². The maximum atomic E-state index is 12.7. The van der Waals surface area contributed by atoms with Crippen LogP contribution < -0.4 is 5.32 Å². The Balaban J connectivity index is 1.40. The molecule has 0 unspecified atom stereocenters. The first-order chi connectivity index (χ1) is 13.1. The van der Waals surface area contributed by atoms with Gasteiger partial charge in [-0.2, -0.15) is 10.2 Å². The van der Waals surface area contributed by atoms with Crippen LogP contribution in [0.5, 0.6) is 0 Å². The fraction of sp³-hybridized carbons (Fsp3) is 0.579. The lowest BCUT2D eigenvalue weighted by molar-refractivity contribution is 0.0698. The zero-order valence-corrected chi connectivity index (χ0v) is 15.6. The van der Waals surface area contributed by atoms with Crippen molar-refractivity contribution in [2.45, 2.75) is 50.5 Å². The largest absolute Gasteiger partial charge is 0.348 e. The van der Waals surface area contributed by atoms with Crippen molar-refractivity contribution in [2.24, 2.45) is 7.05 Å². The number of piperidine rings is 1. The van der Waals surface area contributed by atoms with Crippen molar-refractivity contribution in [1.29, 1.82) is 0 Å². The molecule has 3 heterocycles. The van der Waals surface area contributed by atoms with Crippen LogP contribution in [-0.4, -0.2) is 55.8 Å². The van der Waals surface area contributed by atoms with E-state index >= 15 is 0 Å².